The van der Waals surface area contributed by atoms with Crippen LogP contribution in [0.3, 0.4) is 0 Å². The highest BCUT2D eigenvalue weighted by atomic mass is 16.2. The van der Waals surface area contributed by atoms with Gasteiger partial charge in [0.25, 0.3) is 5.91 Å². The summed E-state index contributed by atoms with van der Waals surface area (Å²) in [6.45, 7) is 12.1. The topological polar surface area (TPSA) is 61.8 Å². The standard InChI is InChI=1S/C22H32N4O/c1-17(2)19-6-4-18(5-7-19)14-25-10-12-26(13-11-25)15-21(27)24-22(3,16-23)20-8-9-20/h4-7,17,20H,8-15H2,1-3H3,(H,24,27)/p+2/t22-/m1/s1. The van der Waals surface area contributed by atoms with Gasteiger partial charge in [-0.1, -0.05) is 38.1 Å². The van der Waals surface area contributed by atoms with Crippen LogP contribution in [0.5, 0.6) is 0 Å². The zero-order valence-corrected chi connectivity index (χ0v) is 17.0. The van der Waals surface area contributed by atoms with E-state index >= 15 is 0 Å². The van der Waals surface area contributed by atoms with Gasteiger partial charge in [0.15, 0.2) is 6.54 Å². The van der Waals surface area contributed by atoms with Gasteiger partial charge in [-0.3, -0.25) is 4.79 Å². The molecule has 1 aromatic rings. The van der Waals surface area contributed by atoms with Crippen molar-refractivity contribution in [2.75, 3.05) is 32.7 Å². The second-order valence-corrected chi connectivity index (χ2v) is 8.89. The second-order valence-electron chi connectivity index (χ2n) is 8.89. The molecule has 0 spiro atoms. The fraction of sp³-hybridized carbons (Fsp3) is 0.636. The molecule has 1 atom stereocenters. The molecular formula is C22H34N4O+2. The van der Waals surface area contributed by atoms with Crippen molar-refractivity contribution < 1.29 is 14.6 Å². The third-order valence-electron chi connectivity index (χ3n) is 6.20. The van der Waals surface area contributed by atoms with Crippen LogP contribution >= 0.6 is 0 Å². The number of nitrogens with one attached hydrogen (secondary N) is 3. The van der Waals surface area contributed by atoms with Crippen molar-refractivity contribution in [1.29, 1.82) is 5.26 Å². The quantitative estimate of drug-likeness (QED) is 0.628. The fourth-order valence-electron chi connectivity index (χ4n) is 4.06. The molecule has 1 heterocycles. The van der Waals surface area contributed by atoms with Gasteiger partial charge in [0.1, 0.15) is 38.3 Å². The summed E-state index contributed by atoms with van der Waals surface area (Å²) in [7, 11) is 0. The molecule has 1 saturated carbocycles. The number of carbonyl (C=O) groups excluding carboxylic acids is 1. The predicted octanol–water partition coefficient (Wildman–Crippen LogP) is -0.0981. The fourth-order valence-corrected chi connectivity index (χ4v) is 4.06. The third-order valence-corrected chi connectivity index (χ3v) is 6.20. The first-order valence-corrected chi connectivity index (χ1v) is 10.4. The van der Waals surface area contributed by atoms with E-state index in [0.29, 0.717) is 18.4 Å². The number of quaternary nitrogens is 2. The predicted molar refractivity (Wildman–Crippen MR) is 105 cm³/mol. The summed E-state index contributed by atoms with van der Waals surface area (Å²) in [5, 5.41) is 12.4. The molecule has 27 heavy (non-hydrogen) atoms. The van der Waals surface area contributed by atoms with Crippen LogP contribution in [0, 0.1) is 17.2 Å². The summed E-state index contributed by atoms with van der Waals surface area (Å²) in [6.07, 6.45) is 2.11. The number of rotatable bonds is 7. The van der Waals surface area contributed by atoms with E-state index in [2.05, 4.69) is 49.5 Å². The number of hydrogen-bond donors (Lipinski definition) is 3. The van der Waals surface area contributed by atoms with E-state index in [1.165, 1.54) is 16.0 Å². The number of piperazine rings is 1. The summed E-state index contributed by atoms with van der Waals surface area (Å²) >= 11 is 0. The molecule has 0 radical (unpaired) electrons. The number of nitrogens with zero attached hydrogens (tertiary/aromatic N) is 1. The Hall–Kier alpha value is -1.90. The van der Waals surface area contributed by atoms with Crippen LogP contribution in [-0.4, -0.2) is 44.2 Å². The Labute approximate surface area is 163 Å². The van der Waals surface area contributed by atoms with Crippen LogP contribution in [-0.2, 0) is 11.3 Å². The summed E-state index contributed by atoms with van der Waals surface area (Å²) in [6, 6.07) is 11.3. The third kappa shape index (κ3) is 5.31. The number of benzene rings is 1. The summed E-state index contributed by atoms with van der Waals surface area (Å²) < 4.78 is 0. The Bertz CT molecular complexity index is 681. The van der Waals surface area contributed by atoms with E-state index < -0.39 is 5.54 Å². The van der Waals surface area contributed by atoms with Gasteiger partial charge >= 0.3 is 0 Å². The van der Waals surface area contributed by atoms with E-state index in [1.807, 2.05) is 6.92 Å². The average Bonchev–Trinajstić information content (AvgIpc) is 3.49. The first-order chi connectivity index (χ1) is 12.9. The van der Waals surface area contributed by atoms with Gasteiger partial charge in [-0.05, 0) is 37.2 Å². The maximum Gasteiger partial charge on any atom is 0.276 e. The lowest BCUT2D eigenvalue weighted by molar-refractivity contribution is -1.02. The minimum absolute atomic E-state index is 0.0219. The molecule has 1 saturated heterocycles. The molecule has 2 aliphatic rings. The summed E-state index contributed by atoms with van der Waals surface area (Å²) in [5.74, 6) is 0.936. The lowest BCUT2D eigenvalue weighted by Crippen LogP contribution is -3.28. The first-order valence-electron chi connectivity index (χ1n) is 10.4. The molecule has 0 aromatic heterocycles. The van der Waals surface area contributed by atoms with Gasteiger partial charge in [-0.2, -0.15) is 5.26 Å². The van der Waals surface area contributed by atoms with Crippen LogP contribution in [0.2, 0.25) is 0 Å². The van der Waals surface area contributed by atoms with Crippen molar-refractivity contribution >= 4 is 5.91 Å². The summed E-state index contributed by atoms with van der Waals surface area (Å²) in [4.78, 5) is 15.3. The first kappa shape index (κ1) is 19.9. The zero-order chi connectivity index (χ0) is 19.4. The minimum Gasteiger partial charge on any atom is -0.333 e. The molecule has 1 aliphatic heterocycles. The average molecular weight is 371 g/mol. The Morgan fingerprint density at radius 1 is 1.19 bits per heavy atom. The molecule has 0 unspecified atom stereocenters. The molecule has 1 amide bonds. The molecular weight excluding hydrogens is 336 g/mol. The number of amides is 1. The van der Waals surface area contributed by atoms with E-state index in [4.69, 9.17) is 0 Å². The highest BCUT2D eigenvalue weighted by Gasteiger charge is 2.43. The molecule has 2 fully saturated rings. The molecule has 1 aromatic carbocycles. The zero-order valence-electron chi connectivity index (χ0n) is 17.0. The van der Waals surface area contributed by atoms with Crippen LogP contribution < -0.4 is 15.1 Å². The van der Waals surface area contributed by atoms with E-state index in [-0.39, 0.29) is 5.91 Å². The molecule has 3 N–H and O–H groups in total. The summed E-state index contributed by atoms with van der Waals surface area (Å²) in [5.41, 5.74) is 2.11. The number of nitriles is 1. The Kier molecular flexibility index (Phi) is 6.18. The van der Waals surface area contributed by atoms with Crippen LogP contribution in [0.1, 0.15) is 50.7 Å². The number of carbonyl (C=O) groups is 1. The molecule has 0 bridgehead atoms. The smallest absolute Gasteiger partial charge is 0.276 e. The highest BCUT2D eigenvalue weighted by molar-refractivity contribution is 5.78. The number of hydrogen-bond acceptors (Lipinski definition) is 2. The normalized spacial score (nSPS) is 24.9. The van der Waals surface area contributed by atoms with Crippen molar-refractivity contribution in [2.24, 2.45) is 5.92 Å². The van der Waals surface area contributed by atoms with Gasteiger partial charge in [-0.25, -0.2) is 0 Å². The van der Waals surface area contributed by atoms with Crippen LogP contribution in [0.25, 0.3) is 0 Å². The van der Waals surface area contributed by atoms with Gasteiger partial charge in [0.2, 0.25) is 0 Å². The van der Waals surface area contributed by atoms with Crippen molar-refractivity contribution in [3.05, 3.63) is 35.4 Å². The molecule has 3 rings (SSSR count). The molecule has 5 nitrogen and oxygen atoms in total. The van der Waals surface area contributed by atoms with Crippen molar-refractivity contribution in [3.63, 3.8) is 0 Å². The van der Waals surface area contributed by atoms with E-state index in [0.717, 1.165) is 45.6 Å². The van der Waals surface area contributed by atoms with E-state index in [9.17, 15) is 10.1 Å². The van der Waals surface area contributed by atoms with Gasteiger partial charge < -0.3 is 15.1 Å². The largest absolute Gasteiger partial charge is 0.333 e. The highest BCUT2D eigenvalue weighted by Crippen LogP contribution is 2.39. The molecule has 146 valence electrons. The van der Waals surface area contributed by atoms with E-state index in [1.54, 1.807) is 4.90 Å². The lowest BCUT2D eigenvalue weighted by Gasteiger charge is -2.30. The second kappa shape index (κ2) is 8.41. The Morgan fingerprint density at radius 3 is 2.30 bits per heavy atom. The molecule has 1 aliphatic carbocycles. The maximum atomic E-state index is 12.4. The Morgan fingerprint density at radius 2 is 1.78 bits per heavy atom. The van der Waals surface area contributed by atoms with Gasteiger partial charge in [-0.15, -0.1) is 0 Å². The maximum absolute atomic E-state index is 12.4. The Balaban J connectivity index is 1.42. The van der Waals surface area contributed by atoms with Crippen LogP contribution in [0.4, 0.5) is 0 Å². The SMILES string of the molecule is CC(C)c1ccc(C[NH+]2CC[NH+](CC(=O)N[C@](C)(C#N)C3CC3)CC2)cc1. The van der Waals surface area contributed by atoms with Crippen molar-refractivity contribution in [1.82, 2.24) is 5.32 Å². The van der Waals surface area contributed by atoms with Crippen molar-refractivity contribution in [2.45, 2.75) is 51.6 Å². The molecule has 5 heteroatoms. The minimum atomic E-state index is -0.675. The van der Waals surface area contributed by atoms with Crippen LogP contribution in [0.15, 0.2) is 24.3 Å². The van der Waals surface area contributed by atoms with Gasteiger partial charge in [0, 0.05) is 5.56 Å². The monoisotopic (exact) mass is 370 g/mol. The van der Waals surface area contributed by atoms with Gasteiger partial charge in [0.05, 0.1) is 6.07 Å². The lowest BCUT2D eigenvalue weighted by atomic mass is 9.98. The van der Waals surface area contributed by atoms with Crippen molar-refractivity contribution in [3.8, 4) is 6.07 Å².